The summed E-state index contributed by atoms with van der Waals surface area (Å²) in [5.74, 6) is -0.0915. The first kappa shape index (κ1) is 17.9. The van der Waals surface area contributed by atoms with Gasteiger partial charge < -0.3 is 16.1 Å². The van der Waals surface area contributed by atoms with Crippen molar-refractivity contribution in [2.45, 2.75) is 19.4 Å². The van der Waals surface area contributed by atoms with Gasteiger partial charge in [-0.15, -0.1) is 5.53 Å². The summed E-state index contributed by atoms with van der Waals surface area (Å²) in [6.45, 7) is 2.91. The van der Waals surface area contributed by atoms with Crippen LogP contribution in [0.1, 0.15) is 40.9 Å². The summed E-state index contributed by atoms with van der Waals surface area (Å²) in [7, 11) is 1.65. The summed E-state index contributed by atoms with van der Waals surface area (Å²) >= 11 is 3.61. The van der Waals surface area contributed by atoms with E-state index in [2.05, 4.69) is 67.7 Å². The van der Waals surface area contributed by atoms with E-state index in [1.54, 1.807) is 7.05 Å². The van der Waals surface area contributed by atoms with E-state index in [-0.39, 0.29) is 11.9 Å². The van der Waals surface area contributed by atoms with Crippen molar-refractivity contribution >= 4 is 33.2 Å². The lowest BCUT2D eigenvalue weighted by molar-refractivity contribution is 0.0964. The van der Waals surface area contributed by atoms with Gasteiger partial charge in [0.2, 0.25) is 0 Å². The molecule has 27 heavy (non-hydrogen) atoms. The molecule has 4 rings (SSSR count). The molecule has 4 N–H and O–H groups in total. The van der Waals surface area contributed by atoms with Gasteiger partial charge in [0.25, 0.3) is 5.91 Å². The van der Waals surface area contributed by atoms with Crippen LogP contribution in [-0.2, 0) is 0 Å². The van der Waals surface area contributed by atoms with Crippen molar-refractivity contribution in [2.24, 2.45) is 0 Å². The van der Waals surface area contributed by atoms with Crippen molar-refractivity contribution in [3.8, 4) is 0 Å². The molecule has 0 bridgehead atoms. The number of allylic oxidation sites excluding steroid dienone is 1. The molecule has 2 heterocycles. The van der Waals surface area contributed by atoms with E-state index in [1.165, 1.54) is 16.8 Å². The molecular weight excluding hydrogens is 406 g/mol. The molecule has 0 saturated carbocycles. The second-order valence-corrected chi connectivity index (χ2v) is 7.62. The third-order valence-corrected chi connectivity index (χ3v) is 5.51. The van der Waals surface area contributed by atoms with Crippen LogP contribution in [0.2, 0.25) is 0 Å². The number of amides is 1. The topological polar surface area (TPSA) is 68.4 Å². The molecule has 2 aliphatic rings. The molecule has 7 heteroatoms. The smallest absolute Gasteiger partial charge is 0.253 e. The number of hydrogen-bond acceptors (Lipinski definition) is 5. The molecule has 6 nitrogen and oxygen atoms in total. The molecule has 2 aromatic carbocycles. The Morgan fingerprint density at radius 2 is 2.07 bits per heavy atom. The lowest BCUT2D eigenvalue weighted by atomic mass is 9.96. The lowest BCUT2D eigenvalue weighted by Gasteiger charge is -2.22. The highest BCUT2D eigenvalue weighted by atomic mass is 79.9. The van der Waals surface area contributed by atoms with E-state index >= 15 is 0 Å². The quantitative estimate of drug-likeness (QED) is 0.604. The van der Waals surface area contributed by atoms with Crippen LogP contribution in [0, 0.1) is 0 Å². The number of carbonyl (C=O) groups is 1. The van der Waals surface area contributed by atoms with Crippen LogP contribution in [0.3, 0.4) is 0 Å². The summed E-state index contributed by atoms with van der Waals surface area (Å²) in [5, 5.41) is 8.48. The minimum absolute atomic E-state index is 0.0796. The Bertz CT molecular complexity index is 926. The third-order valence-electron chi connectivity index (χ3n) is 5.02. The lowest BCUT2D eigenvalue weighted by Crippen LogP contribution is -2.38. The van der Waals surface area contributed by atoms with Gasteiger partial charge in [0, 0.05) is 29.3 Å². The zero-order chi connectivity index (χ0) is 19.0. The van der Waals surface area contributed by atoms with Gasteiger partial charge in [-0.05, 0) is 43.2 Å². The Labute approximate surface area is 167 Å². The number of benzene rings is 2. The van der Waals surface area contributed by atoms with Gasteiger partial charge in [0.05, 0.1) is 23.0 Å². The number of para-hydroxylation sites is 1. The zero-order valence-electron chi connectivity index (χ0n) is 15.3. The standard InChI is InChI=1S/C20H22BrN5O/c1-12-19-14-8-7-13(21)11-16(14)18(9-10-26(19)25-24-12)23-17-6-4-3-5-15(17)20(27)22-2/h3-8,11,18,23-25H,9-10H2,1-2H3,(H,22,27). The molecule has 2 aromatic rings. The Balaban J connectivity index is 1.77. The molecule has 0 fully saturated rings. The molecule has 140 valence electrons. The van der Waals surface area contributed by atoms with E-state index in [1.807, 2.05) is 24.3 Å². The maximum Gasteiger partial charge on any atom is 0.253 e. The molecular formula is C20H22BrN5O. The highest BCUT2D eigenvalue weighted by Gasteiger charge is 2.30. The van der Waals surface area contributed by atoms with E-state index < -0.39 is 0 Å². The molecule has 2 aliphatic heterocycles. The van der Waals surface area contributed by atoms with Crippen molar-refractivity contribution in [3.05, 3.63) is 69.3 Å². The number of carbonyl (C=O) groups excluding carboxylic acids is 1. The third kappa shape index (κ3) is 3.28. The minimum Gasteiger partial charge on any atom is -0.377 e. The van der Waals surface area contributed by atoms with Crippen LogP contribution in [-0.4, -0.2) is 24.5 Å². The molecule has 1 amide bonds. The van der Waals surface area contributed by atoms with Crippen LogP contribution in [0.4, 0.5) is 5.69 Å². The van der Waals surface area contributed by atoms with Crippen molar-refractivity contribution in [3.63, 3.8) is 0 Å². The Morgan fingerprint density at radius 3 is 2.89 bits per heavy atom. The highest BCUT2D eigenvalue weighted by molar-refractivity contribution is 9.10. The zero-order valence-corrected chi connectivity index (χ0v) is 16.9. The van der Waals surface area contributed by atoms with Crippen molar-refractivity contribution in [1.29, 1.82) is 0 Å². The molecule has 1 unspecified atom stereocenters. The van der Waals surface area contributed by atoms with Gasteiger partial charge >= 0.3 is 0 Å². The summed E-state index contributed by atoms with van der Waals surface area (Å²) < 4.78 is 1.04. The first-order valence-corrected chi connectivity index (χ1v) is 9.75. The number of anilines is 1. The van der Waals surface area contributed by atoms with E-state index in [9.17, 15) is 4.79 Å². The van der Waals surface area contributed by atoms with Crippen molar-refractivity contribution < 1.29 is 4.79 Å². The number of halogens is 1. The normalized spacial score (nSPS) is 18.3. The molecule has 0 saturated heterocycles. The summed E-state index contributed by atoms with van der Waals surface area (Å²) in [6, 6.07) is 14.1. The Morgan fingerprint density at radius 1 is 1.26 bits per heavy atom. The van der Waals surface area contributed by atoms with Gasteiger partial charge in [-0.2, -0.15) is 0 Å². The maximum absolute atomic E-state index is 12.3. The number of nitrogens with one attached hydrogen (secondary N) is 4. The van der Waals surface area contributed by atoms with E-state index in [0.29, 0.717) is 5.56 Å². The predicted molar refractivity (Wildman–Crippen MR) is 111 cm³/mol. The molecule has 1 atom stereocenters. The number of rotatable bonds is 3. The molecule has 0 aliphatic carbocycles. The van der Waals surface area contributed by atoms with Crippen LogP contribution < -0.4 is 21.6 Å². The van der Waals surface area contributed by atoms with Crippen molar-refractivity contribution in [2.75, 3.05) is 18.9 Å². The summed E-state index contributed by atoms with van der Waals surface area (Å²) in [5.41, 5.74) is 12.6. The van der Waals surface area contributed by atoms with Gasteiger partial charge in [-0.3, -0.25) is 9.80 Å². The fourth-order valence-corrected chi connectivity index (χ4v) is 4.09. The van der Waals surface area contributed by atoms with Crippen LogP contribution in [0.5, 0.6) is 0 Å². The average molecular weight is 428 g/mol. The minimum atomic E-state index is -0.0915. The van der Waals surface area contributed by atoms with Gasteiger partial charge in [-0.25, -0.2) is 0 Å². The second kappa shape index (κ2) is 7.25. The number of hydrazine groups is 2. The van der Waals surface area contributed by atoms with Gasteiger partial charge in [0.15, 0.2) is 0 Å². The van der Waals surface area contributed by atoms with Crippen molar-refractivity contribution in [1.82, 2.24) is 21.3 Å². The second-order valence-electron chi connectivity index (χ2n) is 6.70. The predicted octanol–water partition coefficient (Wildman–Crippen LogP) is 3.38. The van der Waals surface area contributed by atoms with E-state index in [4.69, 9.17) is 0 Å². The Kier molecular flexibility index (Phi) is 4.80. The molecule has 0 aromatic heterocycles. The SMILES string of the molecule is CNC(=O)c1ccccc1NC1CCN2NNC(C)=C2c2ccc(Br)cc21. The summed E-state index contributed by atoms with van der Waals surface area (Å²) in [6.07, 6.45) is 0.886. The maximum atomic E-state index is 12.3. The molecule has 0 spiro atoms. The van der Waals surface area contributed by atoms with Crippen LogP contribution in [0.25, 0.3) is 5.70 Å². The average Bonchev–Trinajstić information content (AvgIpc) is 2.97. The monoisotopic (exact) mass is 427 g/mol. The number of fused-ring (bicyclic) bond motifs is 3. The van der Waals surface area contributed by atoms with Gasteiger partial charge in [-0.1, -0.05) is 34.1 Å². The highest BCUT2D eigenvalue weighted by Crippen LogP contribution is 2.38. The fraction of sp³-hybridized carbons (Fsp3) is 0.250. The molecule has 0 radical (unpaired) electrons. The summed E-state index contributed by atoms with van der Waals surface area (Å²) in [4.78, 5) is 12.3. The first-order valence-electron chi connectivity index (χ1n) is 8.96. The largest absolute Gasteiger partial charge is 0.377 e. The van der Waals surface area contributed by atoms with E-state index in [0.717, 1.165) is 28.8 Å². The Hall–Kier alpha value is -2.51. The first-order chi connectivity index (χ1) is 13.1. The van der Waals surface area contributed by atoms with Crippen LogP contribution >= 0.6 is 15.9 Å². The fourth-order valence-electron chi connectivity index (χ4n) is 3.71. The number of hydrogen-bond donors (Lipinski definition) is 4. The number of nitrogens with zero attached hydrogens (tertiary/aromatic N) is 1. The van der Waals surface area contributed by atoms with Crippen LogP contribution in [0.15, 0.2) is 52.6 Å². The van der Waals surface area contributed by atoms with Gasteiger partial charge in [0.1, 0.15) is 0 Å².